The first-order valence-corrected chi connectivity index (χ1v) is 5.44. The normalized spacial score (nSPS) is 15.4. The summed E-state index contributed by atoms with van der Waals surface area (Å²) in [7, 11) is 0. The van der Waals surface area contributed by atoms with Crippen LogP contribution in [0.2, 0.25) is 0 Å². The minimum absolute atomic E-state index is 0.0349. The van der Waals surface area contributed by atoms with E-state index in [1.54, 1.807) is 12.1 Å². The fourth-order valence-electron chi connectivity index (χ4n) is 0.966. The van der Waals surface area contributed by atoms with Crippen molar-refractivity contribution < 1.29 is 10.2 Å². The van der Waals surface area contributed by atoms with Crippen molar-refractivity contribution in [3.8, 4) is 0 Å². The van der Waals surface area contributed by atoms with Crippen molar-refractivity contribution in [2.45, 2.75) is 12.2 Å². The van der Waals surface area contributed by atoms with Crippen molar-refractivity contribution in [3.05, 3.63) is 33.4 Å². The van der Waals surface area contributed by atoms with E-state index in [4.69, 9.17) is 11.6 Å². The molecule has 1 aromatic carbocycles. The van der Waals surface area contributed by atoms with E-state index >= 15 is 0 Å². The quantitative estimate of drug-likeness (QED) is 0.661. The third kappa shape index (κ3) is 3.09. The molecule has 0 amide bonds. The lowest BCUT2D eigenvalue weighted by Crippen LogP contribution is -2.19. The van der Waals surface area contributed by atoms with Gasteiger partial charge in [0.2, 0.25) is 0 Å². The Morgan fingerprint density at radius 3 is 2.23 bits per heavy atom. The maximum Gasteiger partial charge on any atom is 0.106 e. The van der Waals surface area contributed by atoms with Crippen LogP contribution in [0.1, 0.15) is 11.7 Å². The van der Waals surface area contributed by atoms with Crippen molar-refractivity contribution in [1.82, 2.24) is 0 Å². The molecule has 0 saturated heterocycles. The van der Waals surface area contributed by atoms with Gasteiger partial charge < -0.3 is 10.2 Å². The van der Waals surface area contributed by atoms with Gasteiger partial charge in [0.15, 0.2) is 0 Å². The van der Waals surface area contributed by atoms with E-state index in [1.807, 2.05) is 12.1 Å². The highest BCUT2D eigenvalue weighted by Crippen LogP contribution is 2.18. The second kappa shape index (κ2) is 5.14. The average Bonchev–Trinajstić information content (AvgIpc) is 2.17. The Labute approximate surface area is 95.7 Å². The number of benzene rings is 1. The van der Waals surface area contributed by atoms with Crippen LogP contribution in [0.3, 0.4) is 0 Å². The van der Waals surface area contributed by atoms with Gasteiger partial charge >= 0.3 is 0 Å². The Hall–Kier alpha value is 0.160. The molecule has 2 nitrogen and oxygen atoms in total. The number of aliphatic hydroxyl groups is 2. The molecule has 2 unspecified atom stereocenters. The van der Waals surface area contributed by atoms with Gasteiger partial charge in [-0.2, -0.15) is 0 Å². The molecule has 0 bridgehead atoms. The van der Waals surface area contributed by atoms with Gasteiger partial charge in [0.05, 0.1) is 12.0 Å². The van der Waals surface area contributed by atoms with Crippen LogP contribution < -0.4 is 0 Å². The highest BCUT2D eigenvalue weighted by molar-refractivity contribution is 14.1. The summed E-state index contributed by atoms with van der Waals surface area (Å²) in [6.07, 6.45) is -1.80. The highest BCUT2D eigenvalue weighted by Gasteiger charge is 2.16. The maximum absolute atomic E-state index is 9.54. The Morgan fingerprint density at radius 2 is 1.77 bits per heavy atom. The van der Waals surface area contributed by atoms with E-state index in [2.05, 4.69) is 22.6 Å². The smallest absolute Gasteiger partial charge is 0.106 e. The first kappa shape index (κ1) is 11.2. The predicted molar refractivity (Wildman–Crippen MR) is 60.8 cm³/mol. The zero-order valence-electron chi connectivity index (χ0n) is 6.82. The molecule has 2 atom stereocenters. The summed E-state index contributed by atoms with van der Waals surface area (Å²) in [5.74, 6) is 0.0349. The molecule has 4 heteroatoms. The molecule has 1 rings (SSSR count). The standard InChI is InChI=1S/C9H10ClIO2/c10-5-8(12)9(13)6-1-3-7(11)4-2-6/h1-4,8-9,12-13H,5H2. The van der Waals surface area contributed by atoms with Gasteiger partial charge in [-0.05, 0) is 40.3 Å². The second-order valence-electron chi connectivity index (χ2n) is 2.72. The minimum atomic E-state index is -0.901. The highest BCUT2D eigenvalue weighted by atomic mass is 127. The Balaban J connectivity index is 2.77. The topological polar surface area (TPSA) is 40.5 Å². The van der Waals surface area contributed by atoms with Gasteiger partial charge in [-0.1, -0.05) is 12.1 Å². The molecule has 0 heterocycles. The molecular formula is C9H10ClIO2. The van der Waals surface area contributed by atoms with Crippen LogP contribution in [0.4, 0.5) is 0 Å². The average molecular weight is 313 g/mol. The molecule has 0 aliphatic rings. The summed E-state index contributed by atoms with van der Waals surface area (Å²) in [4.78, 5) is 0. The molecule has 0 aliphatic carbocycles. The summed E-state index contributed by atoms with van der Waals surface area (Å²) < 4.78 is 1.09. The first-order chi connectivity index (χ1) is 6.15. The summed E-state index contributed by atoms with van der Waals surface area (Å²) in [5, 5.41) is 18.8. The summed E-state index contributed by atoms with van der Waals surface area (Å²) in [5.41, 5.74) is 0.688. The van der Waals surface area contributed by atoms with E-state index in [9.17, 15) is 10.2 Å². The molecule has 0 radical (unpaired) electrons. The van der Waals surface area contributed by atoms with Crippen molar-refractivity contribution >= 4 is 34.2 Å². The summed E-state index contributed by atoms with van der Waals surface area (Å²) >= 11 is 7.59. The van der Waals surface area contributed by atoms with Crippen LogP contribution in [0.15, 0.2) is 24.3 Å². The van der Waals surface area contributed by atoms with Crippen LogP contribution in [-0.2, 0) is 0 Å². The Morgan fingerprint density at radius 1 is 1.23 bits per heavy atom. The van der Waals surface area contributed by atoms with Crippen LogP contribution in [0, 0.1) is 3.57 Å². The van der Waals surface area contributed by atoms with E-state index in [0.29, 0.717) is 5.56 Å². The molecule has 0 saturated carbocycles. The van der Waals surface area contributed by atoms with Gasteiger partial charge in [0.1, 0.15) is 6.10 Å². The van der Waals surface area contributed by atoms with Crippen molar-refractivity contribution in [2.24, 2.45) is 0 Å². The minimum Gasteiger partial charge on any atom is -0.389 e. The van der Waals surface area contributed by atoms with Crippen LogP contribution in [-0.4, -0.2) is 22.2 Å². The van der Waals surface area contributed by atoms with Gasteiger partial charge in [0.25, 0.3) is 0 Å². The molecule has 72 valence electrons. The van der Waals surface area contributed by atoms with E-state index in [1.165, 1.54) is 0 Å². The Kier molecular flexibility index (Phi) is 4.45. The van der Waals surface area contributed by atoms with Crippen LogP contribution >= 0.6 is 34.2 Å². The molecule has 0 aliphatic heterocycles. The van der Waals surface area contributed by atoms with E-state index < -0.39 is 12.2 Å². The molecule has 13 heavy (non-hydrogen) atoms. The molecule has 0 fully saturated rings. The molecule has 2 N–H and O–H groups in total. The zero-order chi connectivity index (χ0) is 9.84. The predicted octanol–water partition coefficient (Wildman–Crippen LogP) is 1.92. The summed E-state index contributed by atoms with van der Waals surface area (Å²) in [6, 6.07) is 7.31. The van der Waals surface area contributed by atoms with Gasteiger partial charge in [-0.25, -0.2) is 0 Å². The first-order valence-electron chi connectivity index (χ1n) is 3.82. The molecule has 0 spiro atoms. The second-order valence-corrected chi connectivity index (χ2v) is 4.27. The Bertz CT molecular complexity index is 263. The number of aliphatic hydroxyl groups excluding tert-OH is 2. The molecular weight excluding hydrogens is 302 g/mol. The number of rotatable bonds is 3. The fraction of sp³-hybridized carbons (Fsp3) is 0.333. The van der Waals surface area contributed by atoms with Gasteiger partial charge in [0, 0.05) is 3.57 Å². The molecule has 1 aromatic rings. The SMILES string of the molecule is OC(CCl)C(O)c1ccc(I)cc1. The zero-order valence-corrected chi connectivity index (χ0v) is 9.73. The molecule has 0 aromatic heterocycles. The monoisotopic (exact) mass is 312 g/mol. The number of halogens is 2. The fourth-order valence-corrected chi connectivity index (χ4v) is 1.49. The van der Waals surface area contributed by atoms with Crippen molar-refractivity contribution in [3.63, 3.8) is 0 Å². The number of alkyl halides is 1. The third-order valence-corrected chi connectivity index (χ3v) is 2.77. The van der Waals surface area contributed by atoms with Crippen molar-refractivity contribution in [2.75, 3.05) is 5.88 Å². The number of hydrogen-bond donors (Lipinski definition) is 2. The van der Waals surface area contributed by atoms with Crippen LogP contribution in [0.5, 0.6) is 0 Å². The lowest BCUT2D eigenvalue weighted by Gasteiger charge is -2.15. The van der Waals surface area contributed by atoms with E-state index in [-0.39, 0.29) is 5.88 Å². The third-order valence-electron chi connectivity index (χ3n) is 1.73. The lowest BCUT2D eigenvalue weighted by atomic mass is 10.1. The van der Waals surface area contributed by atoms with Crippen LogP contribution in [0.25, 0.3) is 0 Å². The van der Waals surface area contributed by atoms with Gasteiger partial charge in [-0.3, -0.25) is 0 Å². The number of hydrogen-bond acceptors (Lipinski definition) is 2. The van der Waals surface area contributed by atoms with E-state index in [0.717, 1.165) is 3.57 Å². The lowest BCUT2D eigenvalue weighted by molar-refractivity contribution is 0.0327. The largest absolute Gasteiger partial charge is 0.389 e. The maximum atomic E-state index is 9.54. The van der Waals surface area contributed by atoms with Gasteiger partial charge in [-0.15, -0.1) is 11.6 Å². The summed E-state index contributed by atoms with van der Waals surface area (Å²) in [6.45, 7) is 0. The van der Waals surface area contributed by atoms with Crippen molar-refractivity contribution in [1.29, 1.82) is 0 Å².